The molecule has 5 rings (SSSR count). The lowest BCUT2D eigenvalue weighted by Crippen LogP contribution is -2.39. The zero-order valence-corrected chi connectivity index (χ0v) is 19.0. The maximum atomic E-state index is 14.4. The summed E-state index contributed by atoms with van der Waals surface area (Å²) in [7, 11) is 1.64. The molecule has 174 valence electrons. The third-order valence-electron chi connectivity index (χ3n) is 7.73. The molecule has 2 amide bonds. The number of benzene rings is 1. The highest BCUT2D eigenvalue weighted by Gasteiger charge is 2.60. The number of hydrogen-bond donors (Lipinski definition) is 1. The number of likely N-dealkylation sites (tertiary alicyclic amines) is 1. The van der Waals surface area contributed by atoms with Gasteiger partial charge in [-0.25, -0.2) is 8.78 Å². The van der Waals surface area contributed by atoms with Gasteiger partial charge in [-0.1, -0.05) is 19.9 Å². The first-order valence-electron chi connectivity index (χ1n) is 11.6. The molecule has 1 N–H and O–H groups in total. The summed E-state index contributed by atoms with van der Waals surface area (Å²) in [5.74, 6) is -0.812. The number of rotatable bonds is 4. The van der Waals surface area contributed by atoms with Crippen molar-refractivity contribution in [3.8, 4) is 11.3 Å². The molecule has 5 atom stereocenters. The molecule has 2 unspecified atom stereocenters. The topological polar surface area (TPSA) is 75.2 Å². The summed E-state index contributed by atoms with van der Waals surface area (Å²) < 4.78 is 28.8. The molecular formula is C25H28F2N4O2. The van der Waals surface area contributed by atoms with Crippen molar-refractivity contribution in [1.82, 2.24) is 20.4 Å². The molecule has 8 heteroatoms. The minimum absolute atomic E-state index is 0.0143. The van der Waals surface area contributed by atoms with Crippen molar-refractivity contribution in [2.24, 2.45) is 23.7 Å². The van der Waals surface area contributed by atoms with Gasteiger partial charge in [0.2, 0.25) is 11.8 Å². The molecule has 2 aromatic rings. The number of fused-ring (bicyclic) bond motifs is 2. The molecule has 33 heavy (non-hydrogen) atoms. The van der Waals surface area contributed by atoms with E-state index in [2.05, 4.69) is 29.4 Å². The molecule has 6 nitrogen and oxygen atoms in total. The van der Waals surface area contributed by atoms with E-state index in [0.717, 1.165) is 12.0 Å². The van der Waals surface area contributed by atoms with E-state index in [0.29, 0.717) is 25.2 Å². The van der Waals surface area contributed by atoms with Gasteiger partial charge in [0.05, 0.1) is 22.9 Å². The number of halogens is 2. The predicted octanol–water partition coefficient (Wildman–Crippen LogP) is 3.49. The second kappa shape index (κ2) is 8.15. The Hall–Kier alpha value is -2.90. The van der Waals surface area contributed by atoms with Gasteiger partial charge in [-0.3, -0.25) is 9.59 Å². The predicted molar refractivity (Wildman–Crippen MR) is 118 cm³/mol. The van der Waals surface area contributed by atoms with Crippen LogP contribution in [-0.4, -0.2) is 47.0 Å². The Labute approximate surface area is 191 Å². The number of carbonyl (C=O) groups excluding carboxylic acids is 2. The third kappa shape index (κ3) is 3.60. The van der Waals surface area contributed by atoms with E-state index in [1.807, 2.05) is 4.90 Å². The molecule has 0 radical (unpaired) electrons. The summed E-state index contributed by atoms with van der Waals surface area (Å²) in [5.41, 5.74) is 1.44. The number of piperidine rings is 1. The molecule has 0 bridgehead atoms. The second-order valence-electron chi connectivity index (χ2n) is 9.86. The van der Waals surface area contributed by atoms with E-state index in [1.165, 1.54) is 18.2 Å². The molecule has 3 aliphatic rings. The fraction of sp³-hybridized carbons (Fsp3) is 0.520. The SMILES string of the molecule is CNC(=O)C1[C@H]2CN(C(=O)C3CC[C@@H](C(C)C)c4cc(-c5c(F)cccc5F)nnc43)C[C@@H]12. The lowest BCUT2D eigenvalue weighted by atomic mass is 9.74. The maximum Gasteiger partial charge on any atom is 0.231 e. The van der Waals surface area contributed by atoms with Crippen LogP contribution in [0.15, 0.2) is 24.3 Å². The van der Waals surface area contributed by atoms with Crippen LogP contribution in [0.2, 0.25) is 0 Å². The second-order valence-corrected chi connectivity index (χ2v) is 9.86. The zero-order valence-electron chi connectivity index (χ0n) is 19.0. The fourth-order valence-corrected chi connectivity index (χ4v) is 5.90. The average molecular weight is 455 g/mol. The maximum absolute atomic E-state index is 14.4. The number of hydrogen-bond acceptors (Lipinski definition) is 4. The van der Waals surface area contributed by atoms with E-state index in [-0.39, 0.29) is 52.7 Å². The van der Waals surface area contributed by atoms with Gasteiger partial charge < -0.3 is 10.2 Å². The third-order valence-corrected chi connectivity index (χ3v) is 7.73. The molecule has 2 heterocycles. The summed E-state index contributed by atoms with van der Waals surface area (Å²) in [6, 6.07) is 5.45. The van der Waals surface area contributed by atoms with E-state index < -0.39 is 17.6 Å². The molecule has 1 saturated carbocycles. The molecular weight excluding hydrogens is 426 g/mol. The van der Waals surface area contributed by atoms with Crippen molar-refractivity contribution in [3.63, 3.8) is 0 Å². The fourth-order valence-electron chi connectivity index (χ4n) is 5.90. The summed E-state index contributed by atoms with van der Waals surface area (Å²) >= 11 is 0. The Kier molecular flexibility index (Phi) is 5.41. The van der Waals surface area contributed by atoms with Crippen LogP contribution < -0.4 is 5.32 Å². The number of carbonyl (C=O) groups is 2. The highest BCUT2D eigenvalue weighted by atomic mass is 19.1. The first-order chi connectivity index (χ1) is 15.8. The van der Waals surface area contributed by atoms with Gasteiger partial charge in [0.25, 0.3) is 0 Å². The smallest absolute Gasteiger partial charge is 0.231 e. The van der Waals surface area contributed by atoms with Gasteiger partial charge in [0, 0.05) is 26.1 Å². The van der Waals surface area contributed by atoms with Crippen molar-refractivity contribution in [1.29, 1.82) is 0 Å². The van der Waals surface area contributed by atoms with E-state index in [1.54, 1.807) is 13.1 Å². The Bertz CT molecular complexity index is 1090. The summed E-state index contributed by atoms with van der Waals surface area (Å²) in [5, 5.41) is 11.2. The van der Waals surface area contributed by atoms with Gasteiger partial charge in [-0.05, 0) is 60.3 Å². The van der Waals surface area contributed by atoms with Crippen molar-refractivity contribution < 1.29 is 18.4 Å². The van der Waals surface area contributed by atoms with Crippen molar-refractivity contribution in [2.45, 2.75) is 38.5 Å². The molecule has 2 aliphatic carbocycles. The van der Waals surface area contributed by atoms with Gasteiger partial charge in [-0.2, -0.15) is 5.10 Å². The average Bonchev–Trinajstić information content (AvgIpc) is 3.29. The molecule has 1 saturated heterocycles. The summed E-state index contributed by atoms with van der Waals surface area (Å²) in [4.78, 5) is 27.2. The number of nitrogens with zero attached hydrogens (tertiary/aromatic N) is 3. The van der Waals surface area contributed by atoms with E-state index in [4.69, 9.17) is 0 Å². The Morgan fingerprint density at radius 3 is 2.36 bits per heavy atom. The molecule has 1 aromatic carbocycles. The van der Waals surface area contributed by atoms with E-state index in [9.17, 15) is 18.4 Å². The largest absolute Gasteiger partial charge is 0.359 e. The molecule has 0 spiro atoms. The zero-order chi connectivity index (χ0) is 23.4. The number of aromatic nitrogens is 2. The lowest BCUT2D eigenvalue weighted by Gasteiger charge is -2.34. The van der Waals surface area contributed by atoms with Crippen LogP contribution in [0.3, 0.4) is 0 Å². The van der Waals surface area contributed by atoms with Crippen LogP contribution in [0.1, 0.15) is 49.8 Å². The Morgan fingerprint density at radius 2 is 1.76 bits per heavy atom. The van der Waals surface area contributed by atoms with Crippen LogP contribution >= 0.6 is 0 Å². The molecule has 1 aliphatic heterocycles. The Balaban J connectivity index is 1.44. The highest BCUT2D eigenvalue weighted by molar-refractivity contribution is 5.86. The van der Waals surface area contributed by atoms with Crippen LogP contribution in [-0.2, 0) is 9.59 Å². The van der Waals surface area contributed by atoms with E-state index >= 15 is 0 Å². The number of amides is 2. The van der Waals surface area contributed by atoms with Gasteiger partial charge in [-0.15, -0.1) is 5.10 Å². The quantitative estimate of drug-likeness (QED) is 0.768. The monoisotopic (exact) mass is 454 g/mol. The summed E-state index contributed by atoms with van der Waals surface area (Å²) in [6.07, 6.45) is 1.47. The van der Waals surface area contributed by atoms with Crippen LogP contribution in [0.25, 0.3) is 11.3 Å². The lowest BCUT2D eigenvalue weighted by molar-refractivity contribution is -0.134. The summed E-state index contributed by atoms with van der Waals surface area (Å²) in [6.45, 7) is 5.39. The van der Waals surface area contributed by atoms with Gasteiger partial charge >= 0.3 is 0 Å². The highest BCUT2D eigenvalue weighted by Crippen LogP contribution is 2.53. The standard InChI is InChI=1S/C25H28F2N4O2/c1-12(2)13-7-8-14(25(33)31-10-16-17(11-31)21(16)24(32)28-3)23-15(13)9-20(29-30-23)22-18(26)5-4-6-19(22)27/h4-6,9,12-14,16-17,21H,7-8,10-11H2,1-3H3,(H,28,32)/t13-,14?,16-,17+,21?/m0/s1. The number of nitrogens with one attached hydrogen (secondary N) is 1. The van der Waals surface area contributed by atoms with Gasteiger partial charge in [0.1, 0.15) is 11.6 Å². The minimum atomic E-state index is -0.684. The van der Waals surface area contributed by atoms with Crippen molar-refractivity contribution in [3.05, 3.63) is 47.2 Å². The first kappa shape index (κ1) is 21.9. The van der Waals surface area contributed by atoms with Crippen LogP contribution in [0.5, 0.6) is 0 Å². The van der Waals surface area contributed by atoms with Crippen LogP contribution in [0.4, 0.5) is 8.78 Å². The normalized spacial score (nSPS) is 27.8. The molecule has 2 fully saturated rings. The van der Waals surface area contributed by atoms with Crippen molar-refractivity contribution >= 4 is 11.8 Å². The minimum Gasteiger partial charge on any atom is -0.359 e. The first-order valence-corrected chi connectivity index (χ1v) is 11.6. The van der Waals surface area contributed by atoms with Crippen LogP contribution in [0, 0.1) is 35.3 Å². The van der Waals surface area contributed by atoms with Crippen molar-refractivity contribution in [2.75, 3.05) is 20.1 Å². The molecule has 1 aromatic heterocycles. The Morgan fingerprint density at radius 1 is 1.09 bits per heavy atom. The van der Waals surface area contributed by atoms with Gasteiger partial charge in [0.15, 0.2) is 0 Å².